The number of phenolic OH excluding ortho intramolecular Hbond substituents is 1. The summed E-state index contributed by atoms with van der Waals surface area (Å²) in [5.41, 5.74) is 0.809. The maximum Gasteiger partial charge on any atom is 0.176 e. The van der Waals surface area contributed by atoms with Crippen LogP contribution in [0.5, 0.6) is 11.5 Å². The van der Waals surface area contributed by atoms with E-state index in [2.05, 4.69) is 4.98 Å². The van der Waals surface area contributed by atoms with Gasteiger partial charge in [-0.2, -0.15) is 0 Å². The predicted octanol–water partition coefficient (Wildman–Crippen LogP) is 2.84. The normalized spacial score (nSPS) is 10.5. The predicted molar refractivity (Wildman–Crippen MR) is 66.5 cm³/mol. The van der Waals surface area contributed by atoms with Gasteiger partial charge < -0.3 is 14.4 Å². The van der Waals surface area contributed by atoms with E-state index in [1.807, 2.05) is 24.7 Å². The molecule has 1 N–H and O–H groups in total. The van der Waals surface area contributed by atoms with Crippen molar-refractivity contribution in [2.45, 2.75) is 6.92 Å². The van der Waals surface area contributed by atoms with Crippen molar-refractivity contribution in [3.05, 3.63) is 29.5 Å². The Morgan fingerprint density at radius 2 is 2.24 bits per heavy atom. The van der Waals surface area contributed by atoms with Crippen LogP contribution in [0.25, 0.3) is 11.4 Å². The second-order valence-corrected chi connectivity index (χ2v) is 4.01. The highest BCUT2D eigenvalue weighted by atomic mass is 35.5. The molecule has 0 saturated heterocycles. The molecule has 4 nitrogen and oxygen atoms in total. The van der Waals surface area contributed by atoms with Gasteiger partial charge in [0.2, 0.25) is 0 Å². The molecule has 2 rings (SSSR count). The lowest BCUT2D eigenvalue weighted by Crippen LogP contribution is -1.95. The van der Waals surface area contributed by atoms with Gasteiger partial charge in [0.05, 0.1) is 11.6 Å². The molecule has 0 fully saturated rings. The SMILES string of the molecule is CCOc1cc(-c2nccn2C)cc(Cl)c1O. The monoisotopic (exact) mass is 252 g/mol. The molecule has 0 amide bonds. The van der Waals surface area contributed by atoms with Crippen molar-refractivity contribution in [2.24, 2.45) is 7.05 Å². The molecule has 2 aromatic rings. The molecular weight excluding hydrogens is 240 g/mol. The van der Waals surface area contributed by atoms with Gasteiger partial charge in [-0.1, -0.05) is 11.6 Å². The average molecular weight is 253 g/mol. The molecule has 0 atom stereocenters. The minimum atomic E-state index is -0.0357. The number of ether oxygens (including phenoxy) is 1. The van der Waals surface area contributed by atoms with Crippen molar-refractivity contribution in [3.63, 3.8) is 0 Å². The molecule has 90 valence electrons. The van der Waals surface area contributed by atoms with Crippen LogP contribution in [0.2, 0.25) is 5.02 Å². The summed E-state index contributed by atoms with van der Waals surface area (Å²) in [4.78, 5) is 4.23. The maximum absolute atomic E-state index is 9.74. The average Bonchev–Trinajstić information content (AvgIpc) is 2.71. The number of aryl methyl sites for hydroxylation is 1. The Bertz CT molecular complexity index is 537. The third-order valence-electron chi connectivity index (χ3n) is 2.41. The van der Waals surface area contributed by atoms with Gasteiger partial charge in [0, 0.05) is 25.0 Å². The molecule has 0 bridgehead atoms. The highest BCUT2D eigenvalue weighted by Gasteiger charge is 2.12. The summed E-state index contributed by atoms with van der Waals surface area (Å²) in [6.45, 7) is 2.31. The van der Waals surface area contributed by atoms with Gasteiger partial charge in [0.1, 0.15) is 5.82 Å². The summed E-state index contributed by atoms with van der Waals surface area (Å²) in [6.07, 6.45) is 3.55. The van der Waals surface area contributed by atoms with Gasteiger partial charge in [0.25, 0.3) is 0 Å². The maximum atomic E-state index is 9.74. The van der Waals surface area contributed by atoms with Crippen LogP contribution in [0.4, 0.5) is 0 Å². The largest absolute Gasteiger partial charge is 0.503 e. The second-order valence-electron chi connectivity index (χ2n) is 3.60. The summed E-state index contributed by atoms with van der Waals surface area (Å²) in [5, 5.41) is 9.99. The molecule has 0 aliphatic rings. The van der Waals surface area contributed by atoms with E-state index in [4.69, 9.17) is 16.3 Å². The van der Waals surface area contributed by atoms with Gasteiger partial charge in [-0.3, -0.25) is 0 Å². The number of aromatic nitrogens is 2. The van der Waals surface area contributed by atoms with E-state index in [9.17, 15) is 5.11 Å². The second kappa shape index (κ2) is 4.67. The van der Waals surface area contributed by atoms with Crippen LogP contribution in [-0.4, -0.2) is 21.3 Å². The van der Waals surface area contributed by atoms with Gasteiger partial charge in [-0.15, -0.1) is 0 Å². The van der Waals surface area contributed by atoms with Gasteiger partial charge in [0.15, 0.2) is 11.5 Å². The molecule has 1 aromatic heterocycles. The number of imidazole rings is 1. The number of halogens is 1. The lowest BCUT2D eigenvalue weighted by molar-refractivity contribution is 0.318. The summed E-state index contributed by atoms with van der Waals surface area (Å²) in [7, 11) is 1.89. The van der Waals surface area contributed by atoms with Crippen LogP contribution < -0.4 is 4.74 Å². The fourth-order valence-corrected chi connectivity index (χ4v) is 1.82. The zero-order valence-corrected chi connectivity index (χ0v) is 10.4. The summed E-state index contributed by atoms with van der Waals surface area (Å²) < 4.78 is 7.20. The number of aromatic hydroxyl groups is 1. The number of nitrogens with zero attached hydrogens (tertiary/aromatic N) is 2. The summed E-state index contributed by atoms with van der Waals surface area (Å²) in [5.74, 6) is 1.11. The fourth-order valence-electron chi connectivity index (χ4n) is 1.61. The number of hydrogen-bond donors (Lipinski definition) is 1. The van der Waals surface area contributed by atoms with Crippen LogP contribution in [0.1, 0.15) is 6.92 Å². The van der Waals surface area contributed by atoms with Crippen LogP contribution in [0, 0.1) is 0 Å². The third kappa shape index (κ3) is 2.22. The van der Waals surface area contributed by atoms with Gasteiger partial charge >= 0.3 is 0 Å². The minimum Gasteiger partial charge on any atom is -0.503 e. The molecule has 0 unspecified atom stereocenters. The van der Waals surface area contributed by atoms with Crippen molar-refractivity contribution >= 4 is 11.6 Å². The number of phenols is 1. The standard InChI is InChI=1S/C12H13ClN2O2/c1-3-17-10-7-8(6-9(13)11(10)16)12-14-4-5-15(12)2/h4-7,16H,3H2,1-2H3. The van der Waals surface area contributed by atoms with E-state index in [1.54, 1.807) is 18.3 Å². The van der Waals surface area contributed by atoms with Crippen molar-refractivity contribution in [3.8, 4) is 22.9 Å². The van der Waals surface area contributed by atoms with Crippen LogP contribution in [-0.2, 0) is 7.05 Å². The van der Waals surface area contributed by atoms with E-state index in [0.29, 0.717) is 12.4 Å². The van der Waals surface area contributed by atoms with E-state index in [-0.39, 0.29) is 10.8 Å². The van der Waals surface area contributed by atoms with Crippen molar-refractivity contribution in [1.82, 2.24) is 9.55 Å². The highest BCUT2D eigenvalue weighted by Crippen LogP contribution is 2.37. The highest BCUT2D eigenvalue weighted by molar-refractivity contribution is 6.32. The number of hydrogen-bond acceptors (Lipinski definition) is 3. The first kappa shape index (κ1) is 11.8. The van der Waals surface area contributed by atoms with Crippen molar-refractivity contribution < 1.29 is 9.84 Å². The molecule has 0 spiro atoms. The molecule has 1 aromatic carbocycles. The van der Waals surface area contributed by atoms with Crippen molar-refractivity contribution in [1.29, 1.82) is 0 Å². The lowest BCUT2D eigenvalue weighted by Gasteiger charge is -2.10. The Morgan fingerprint density at radius 3 is 2.82 bits per heavy atom. The fraction of sp³-hybridized carbons (Fsp3) is 0.250. The molecule has 0 radical (unpaired) electrons. The Labute approximate surface area is 104 Å². The molecule has 5 heteroatoms. The summed E-state index contributed by atoms with van der Waals surface area (Å²) >= 11 is 5.96. The molecule has 0 aliphatic heterocycles. The van der Waals surface area contributed by atoms with Crippen LogP contribution >= 0.6 is 11.6 Å². The molecule has 0 aliphatic carbocycles. The topological polar surface area (TPSA) is 47.3 Å². The molecule has 1 heterocycles. The Kier molecular flexibility index (Phi) is 3.24. The first-order chi connectivity index (χ1) is 8.13. The van der Waals surface area contributed by atoms with E-state index in [0.717, 1.165) is 11.4 Å². The lowest BCUT2D eigenvalue weighted by atomic mass is 10.2. The smallest absolute Gasteiger partial charge is 0.176 e. The van der Waals surface area contributed by atoms with E-state index in [1.165, 1.54) is 0 Å². The van der Waals surface area contributed by atoms with Gasteiger partial charge in [-0.25, -0.2) is 4.98 Å². The van der Waals surface area contributed by atoms with E-state index < -0.39 is 0 Å². The Hall–Kier alpha value is -1.68. The van der Waals surface area contributed by atoms with Crippen molar-refractivity contribution in [2.75, 3.05) is 6.61 Å². The third-order valence-corrected chi connectivity index (χ3v) is 2.70. The van der Waals surface area contributed by atoms with E-state index >= 15 is 0 Å². The molecule has 17 heavy (non-hydrogen) atoms. The van der Waals surface area contributed by atoms with Crippen LogP contribution in [0.3, 0.4) is 0 Å². The number of rotatable bonds is 3. The Balaban J connectivity index is 2.53. The zero-order chi connectivity index (χ0) is 12.4. The number of benzene rings is 1. The Morgan fingerprint density at radius 1 is 1.47 bits per heavy atom. The zero-order valence-electron chi connectivity index (χ0n) is 9.64. The summed E-state index contributed by atoms with van der Waals surface area (Å²) in [6, 6.07) is 3.40. The minimum absolute atomic E-state index is 0.0357. The van der Waals surface area contributed by atoms with Crippen LogP contribution in [0.15, 0.2) is 24.5 Å². The first-order valence-corrected chi connectivity index (χ1v) is 5.64. The molecular formula is C12H13ClN2O2. The quantitative estimate of drug-likeness (QED) is 0.914. The van der Waals surface area contributed by atoms with Gasteiger partial charge in [-0.05, 0) is 19.1 Å². The first-order valence-electron chi connectivity index (χ1n) is 5.26. The molecule has 0 saturated carbocycles.